The van der Waals surface area contributed by atoms with Gasteiger partial charge in [0.05, 0.1) is 12.9 Å². The summed E-state index contributed by atoms with van der Waals surface area (Å²) in [6.45, 7) is 3.72. The molecule has 0 radical (unpaired) electrons. The highest BCUT2D eigenvalue weighted by molar-refractivity contribution is 8.04. The Labute approximate surface area is 143 Å². The Morgan fingerprint density at radius 2 is 1.92 bits per heavy atom. The number of hydrogen-bond acceptors (Lipinski definition) is 6. The Kier molecular flexibility index (Phi) is 4.36. The Bertz CT molecular complexity index is 755. The second-order valence-electron chi connectivity index (χ2n) is 5.72. The van der Waals surface area contributed by atoms with Gasteiger partial charge in [-0.15, -0.1) is 11.8 Å². The number of methoxy groups -OCH3 is 1. The predicted octanol–water partition coefficient (Wildman–Crippen LogP) is 2.69. The summed E-state index contributed by atoms with van der Waals surface area (Å²) in [5, 5.41) is 0. The molecule has 24 heavy (non-hydrogen) atoms. The number of allylic oxidation sites excluding steroid dienone is 1. The van der Waals surface area contributed by atoms with Gasteiger partial charge >= 0.3 is 6.09 Å². The molecule has 1 heterocycles. The van der Waals surface area contributed by atoms with Gasteiger partial charge in [0.1, 0.15) is 10.7 Å². The van der Waals surface area contributed by atoms with Crippen molar-refractivity contribution in [3.05, 3.63) is 40.3 Å². The van der Waals surface area contributed by atoms with E-state index in [2.05, 4.69) is 0 Å². The number of amides is 1. The van der Waals surface area contributed by atoms with E-state index in [1.54, 1.807) is 24.3 Å². The molecule has 1 aliphatic carbocycles. The standard InChI is InChI=1S/C17H17NO5S/c1-9(2)18(17(21)22-3)12-8-24-16-14(20)13(19)10-6-4-5-7-11(10)15(16)23-12/h4-7,9,12H,8H2,1-3H3. The van der Waals surface area contributed by atoms with Crippen molar-refractivity contribution in [3.8, 4) is 0 Å². The SMILES string of the molecule is COC(=O)N(C(C)C)C1CSC2=C(O1)c1ccccc1C(=O)C2=O. The van der Waals surface area contributed by atoms with Gasteiger partial charge in [0.15, 0.2) is 6.23 Å². The molecule has 0 saturated heterocycles. The summed E-state index contributed by atoms with van der Waals surface area (Å²) in [6.07, 6.45) is -1.07. The zero-order chi connectivity index (χ0) is 17.4. The van der Waals surface area contributed by atoms with Gasteiger partial charge in [0.25, 0.3) is 0 Å². The Hall–Kier alpha value is -2.28. The van der Waals surface area contributed by atoms with Gasteiger partial charge in [-0.25, -0.2) is 4.79 Å². The van der Waals surface area contributed by atoms with Gasteiger partial charge < -0.3 is 9.47 Å². The smallest absolute Gasteiger partial charge is 0.412 e. The summed E-state index contributed by atoms with van der Waals surface area (Å²) >= 11 is 1.24. The second kappa shape index (κ2) is 6.32. The monoisotopic (exact) mass is 347 g/mol. The maximum atomic E-state index is 12.3. The van der Waals surface area contributed by atoms with Crippen LogP contribution in [0.3, 0.4) is 0 Å². The predicted molar refractivity (Wildman–Crippen MR) is 89.4 cm³/mol. The van der Waals surface area contributed by atoms with Crippen LogP contribution in [0.15, 0.2) is 29.2 Å². The molecule has 0 bridgehead atoms. The summed E-state index contributed by atoms with van der Waals surface area (Å²) in [5.41, 5.74) is 0.916. The van der Waals surface area contributed by atoms with E-state index >= 15 is 0 Å². The zero-order valence-electron chi connectivity index (χ0n) is 13.6. The second-order valence-corrected chi connectivity index (χ2v) is 6.75. The Morgan fingerprint density at radius 3 is 2.54 bits per heavy atom. The molecule has 1 atom stereocenters. The van der Waals surface area contributed by atoms with Gasteiger partial charge in [-0.2, -0.15) is 0 Å². The molecule has 7 heteroatoms. The van der Waals surface area contributed by atoms with E-state index in [4.69, 9.17) is 9.47 Å². The van der Waals surface area contributed by atoms with Gasteiger partial charge in [-0.1, -0.05) is 24.3 Å². The molecule has 3 rings (SSSR count). The highest BCUT2D eigenvalue weighted by Gasteiger charge is 2.41. The molecule has 1 unspecified atom stereocenters. The van der Waals surface area contributed by atoms with Crippen LogP contribution in [0.4, 0.5) is 4.79 Å². The number of thioether (sulfide) groups is 1. The van der Waals surface area contributed by atoms with E-state index in [1.165, 1.54) is 23.8 Å². The van der Waals surface area contributed by atoms with E-state index in [1.807, 2.05) is 13.8 Å². The summed E-state index contributed by atoms with van der Waals surface area (Å²) in [5.74, 6) is -0.354. The molecular formula is C17H17NO5S. The van der Waals surface area contributed by atoms with Crippen LogP contribution in [0.1, 0.15) is 29.8 Å². The zero-order valence-corrected chi connectivity index (χ0v) is 14.4. The van der Waals surface area contributed by atoms with E-state index in [-0.39, 0.29) is 6.04 Å². The highest BCUT2D eigenvalue weighted by Crippen LogP contribution is 2.41. The van der Waals surface area contributed by atoms with Crippen LogP contribution >= 0.6 is 11.8 Å². The van der Waals surface area contributed by atoms with Crippen molar-refractivity contribution in [1.29, 1.82) is 0 Å². The van der Waals surface area contributed by atoms with Crippen LogP contribution in [0, 0.1) is 0 Å². The maximum absolute atomic E-state index is 12.3. The van der Waals surface area contributed by atoms with Crippen molar-refractivity contribution in [2.24, 2.45) is 0 Å². The normalized spacial score (nSPS) is 19.6. The minimum atomic E-state index is -0.574. The third-order valence-electron chi connectivity index (χ3n) is 3.91. The molecule has 0 N–H and O–H groups in total. The molecule has 0 aromatic heterocycles. The van der Waals surface area contributed by atoms with Gasteiger partial charge in [-0.3, -0.25) is 14.5 Å². The number of hydrogen-bond donors (Lipinski definition) is 0. The molecule has 1 amide bonds. The van der Waals surface area contributed by atoms with Gasteiger partial charge in [0, 0.05) is 17.2 Å². The highest BCUT2D eigenvalue weighted by atomic mass is 32.2. The van der Waals surface area contributed by atoms with E-state index < -0.39 is 23.9 Å². The Balaban J connectivity index is 2.01. The number of benzene rings is 1. The lowest BCUT2D eigenvalue weighted by atomic mass is 9.93. The first-order valence-electron chi connectivity index (χ1n) is 7.54. The first-order chi connectivity index (χ1) is 11.5. The molecule has 0 fully saturated rings. The average molecular weight is 347 g/mol. The number of Topliss-reactive ketones (excluding diaryl/α,β-unsaturated/α-hetero) is 2. The molecule has 2 aliphatic rings. The fourth-order valence-electron chi connectivity index (χ4n) is 2.81. The molecule has 0 saturated carbocycles. The fourth-order valence-corrected chi connectivity index (χ4v) is 3.86. The van der Waals surface area contributed by atoms with Gasteiger partial charge in [-0.05, 0) is 13.8 Å². The minimum absolute atomic E-state index is 0.138. The maximum Gasteiger partial charge on any atom is 0.412 e. The van der Waals surface area contributed by atoms with E-state index in [0.29, 0.717) is 27.5 Å². The van der Waals surface area contributed by atoms with Crippen molar-refractivity contribution >= 4 is 35.2 Å². The van der Waals surface area contributed by atoms with Crippen LogP contribution in [-0.4, -0.2) is 47.7 Å². The largest absolute Gasteiger partial charge is 0.467 e. The molecule has 6 nitrogen and oxygen atoms in total. The van der Waals surface area contributed by atoms with Crippen molar-refractivity contribution in [2.45, 2.75) is 26.1 Å². The summed E-state index contributed by atoms with van der Waals surface area (Å²) in [7, 11) is 1.32. The van der Waals surface area contributed by atoms with Crippen molar-refractivity contribution in [1.82, 2.24) is 4.90 Å². The number of carbonyl (C=O) groups excluding carboxylic acids is 3. The van der Waals surface area contributed by atoms with Crippen LogP contribution in [0.5, 0.6) is 0 Å². The van der Waals surface area contributed by atoms with Crippen LogP contribution in [0.25, 0.3) is 5.76 Å². The number of carbonyl (C=O) groups is 3. The number of ketones is 2. The lowest BCUT2D eigenvalue weighted by Gasteiger charge is -2.38. The van der Waals surface area contributed by atoms with Crippen LogP contribution in [-0.2, 0) is 14.3 Å². The quantitative estimate of drug-likeness (QED) is 0.766. The minimum Gasteiger partial charge on any atom is -0.467 e. The average Bonchev–Trinajstić information content (AvgIpc) is 2.59. The molecular weight excluding hydrogens is 330 g/mol. The lowest BCUT2D eigenvalue weighted by molar-refractivity contribution is -0.111. The number of fused-ring (bicyclic) bond motifs is 2. The molecule has 126 valence electrons. The summed E-state index contributed by atoms with van der Waals surface area (Å²) < 4.78 is 10.8. The number of ether oxygens (including phenoxy) is 2. The first kappa shape index (κ1) is 16.6. The van der Waals surface area contributed by atoms with E-state index in [9.17, 15) is 14.4 Å². The first-order valence-corrected chi connectivity index (χ1v) is 8.52. The number of rotatable bonds is 2. The molecule has 0 spiro atoms. The lowest BCUT2D eigenvalue weighted by Crippen LogP contribution is -2.48. The van der Waals surface area contributed by atoms with Gasteiger partial charge in [0.2, 0.25) is 11.6 Å². The third-order valence-corrected chi connectivity index (χ3v) is 5.02. The van der Waals surface area contributed by atoms with E-state index in [0.717, 1.165) is 0 Å². The van der Waals surface area contributed by atoms with Crippen molar-refractivity contribution in [2.75, 3.05) is 12.9 Å². The van der Waals surface area contributed by atoms with Crippen molar-refractivity contribution in [3.63, 3.8) is 0 Å². The molecule has 1 aromatic rings. The van der Waals surface area contributed by atoms with Crippen molar-refractivity contribution < 1.29 is 23.9 Å². The fraction of sp³-hybridized carbons (Fsp3) is 0.353. The summed E-state index contributed by atoms with van der Waals surface area (Å²) in [4.78, 5) is 38.4. The molecule has 1 aliphatic heterocycles. The van der Waals surface area contributed by atoms with Crippen LogP contribution in [0.2, 0.25) is 0 Å². The topological polar surface area (TPSA) is 72.9 Å². The third kappa shape index (κ3) is 2.58. The van der Waals surface area contributed by atoms with Crippen LogP contribution < -0.4 is 0 Å². The Morgan fingerprint density at radius 1 is 1.25 bits per heavy atom. The summed E-state index contributed by atoms with van der Waals surface area (Å²) in [6, 6.07) is 6.71. The number of nitrogens with zero attached hydrogens (tertiary/aromatic N) is 1. The molecule has 1 aromatic carbocycles.